The molecule has 2 aliphatic rings. The van der Waals surface area contributed by atoms with E-state index in [0.29, 0.717) is 0 Å². The molecule has 0 aliphatic heterocycles. The predicted octanol–water partition coefficient (Wildman–Crippen LogP) is 6.06. The van der Waals surface area contributed by atoms with Crippen LogP contribution < -0.4 is 4.57 Å². The zero-order chi connectivity index (χ0) is 18.4. The van der Waals surface area contributed by atoms with Crippen molar-refractivity contribution in [2.24, 2.45) is 18.9 Å². The van der Waals surface area contributed by atoms with E-state index in [4.69, 9.17) is 0 Å². The molecule has 1 heteroatoms. The number of hydrogen-bond donors (Lipinski definition) is 0. The number of rotatable bonds is 3. The second-order valence-electron chi connectivity index (χ2n) is 8.56. The number of pyridine rings is 1. The third-order valence-corrected chi connectivity index (χ3v) is 6.95. The van der Waals surface area contributed by atoms with Gasteiger partial charge in [-0.1, -0.05) is 48.9 Å². The van der Waals surface area contributed by atoms with Gasteiger partial charge in [-0.2, -0.15) is 0 Å². The molecule has 27 heavy (non-hydrogen) atoms. The summed E-state index contributed by atoms with van der Waals surface area (Å²) in [6.45, 7) is 2.19. The molecule has 2 bridgehead atoms. The quantitative estimate of drug-likeness (QED) is 0.504. The number of fused-ring (bicyclic) bond motifs is 2. The molecule has 2 fully saturated rings. The molecule has 3 aromatic rings. The van der Waals surface area contributed by atoms with Gasteiger partial charge in [-0.15, -0.1) is 0 Å². The standard InChI is InChI=1S/C26H28N/c1-18-7-3-4-12-24(18)25-17-20(13-14-27(25)2)19-8-5-9-21(15-19)26-22-10-6-11-23(26)16-22/h3-5,7-9,12-15,17,22-23,26H,6,10-11,16H2,1-2H3/q+1. The lowest BCUT2D eigenvalue weighted by Gasteiger charge is -2.50. The maximum Gasteiger partial charge on any atom is 0.213 e. The lowest BCUT2D eigenvalue weighted by Crippen LogP contribution is -2.38. The van der Waals surface area contributed by atoms with E-state index in [0.717, 1.165) is 17.8 Å². The fourth-order valence-electron chi connectivity index (χ4n) is 5.46. The van der Waals surface area contributed by atoms with E-state index < -0.39 is 0 Å². The number of nitrogens with zero attached hydrogens (tertiary/aromatic N) is 1. The average Bonchev–Trinajstić information content (AvgIpc) is 2.70. The lowest BCUT2D eigenvalue weighted by atomic mass is 9.55. The Labute approximate surface area is 162 Å². The Morgan fingerprint density at radius 1 is 0.852 bits per heavy atom. The van der Waals surface area contributed by atoms with Crippen molar-refractivity contribution in [1.29, 1.82) is 0 Å². The molecule has 2 atom stereocenters. The Kier molecular flexibility index (Phi) is 4.11. The molecule has 5 rings (SSSR count). The van der Waals surface area contributed by atoms with Crippen molar-refractivity contribution in [3.63, 3.8) is 0 Å². The number of aromatic nitrogens is 1. The summed E-state index contributed by atoms with van der Waals surface area (Å²) in [7, 11) is 2.14. The highest BCUT2D eigenvalue weighted by Gasteiger charge is 2.44. The summed E-state index contributed by atoms with van der Waals surface area (Å²) < 4.78 is 2.23. The first kappa shape index (κ1) is 16.7. The van der Waals surface area contributed by atoms with E-state index in [1.54, 1.807) is 5.56 Å². The second kappa shape index (κ2) is 6.64. The fourth-order valence-corrected chi connectivity index (χ4v) is 5.46. The first-order valence-electron chi connectivity index (χ1n) is 10.4. The zero-order valence-electron chi connectivity index (χ0n) is 16.4. The zero-order valence-corrected chi connectivity index (χ0v) is 16.4. The van der Waals surface area contributed by atoms with Gasteiger partial charge in [0.1, 0.15) is 7.05 Å². The minimum atomic E-state index is 0.814. The summed E-state index contributed by atoms with van der Waals surface area (Å²) in [5.41, 5.74) is 8.15. The SMILES string of the molecule is Cc1ccccc1-c1cc(-c2cccc(C3C4CCCC3C4)c2)cc[n+]1C. The highest BCUT2D eigenvalue weighted by molar-refractivity contribution is 5.70. The molecule has 2 aliphatic carbocycles. The summed E-state index contributed by atoms with van der Waals surface area (Å²) in [4.78, 5) is 0. The van der Waals surface area contributed by atoms with Gasteiger partial charge in [-0.3, -0.25) is 0 Å². The van der Waals surface area contributed by atoms with Crippen molar-refractivity contribution < 1.29 is 4.57 Å². The largest absolute Gasteiger partial charge is 0.213 e. The van der Waals surface area contributed by atoms with Gasteiger partial charge in [0.05, 0.1) is 0 Å². The first-order valence-corrected chi connectivity index (χ1v) is 10.4. The average molecular weight is 355 g/mol. The van der Waals surface area contributed by atoms with Gasteiger partial charge in [0.25, 0.3) is 0 Å². The normalized spacial score (nSPS) is 23.7. The van der Waals surface area contributed by atoms with E-state index in [-0.39, 0.29) is 0 Å². The van der Waals surface area contributed by atoms with Gasteiger partial charge in [0, 0.05) is 17.7 Å². The van der Waals surface area contributed by atoms with Crippen molar-refractivity contribution in [2.45, 2.75) is 38.5 Å². The first-order chi connectivity index (χ1) is 13.2. The maximum absolute atomic E-state index is 2.46. The Balaban J connectivity index is 1.53. The van der Waals surface area contributed by atoms with E-state index in [1.165, 1.54) is 53.6 Å². The molecule has 2 unspecified atom stereocenters. The van der Waals surface area contributed by atoms with Crippen molar-refractivity contribution in [1.82, 2.24) is 0 Å². The lowest BCUT2D eigenvalue weighted by molar-refractivity contribution is -0.660. The minimum Gasteiger partial charge on any atom is -0.201 e. The van der Waals surface area contributed by atoms with Crippen molar-refractivity contribution >= 4 is 0 Å². The summed E-state index contributed by atoms with van der Waals surface area (Å²) in [5.74, 6) is 2.69. The molecule has 1 aromatic heterocycles. The third-order valence-electron chi connectivity index (χ3n) is 6.95. The summed E-state index contributed by atoms with van der Waals surface area (Å²) in [5, 5.41) is 0. The van der Waals surface area contributed by atoms with Gasteiger partial charge < -0.3 is 0 Å². The van der Waals surface area contributed by atoms with Crippen LogP contribution in [0.3, 0.4) is 0 Å². The van der Waals surface area contributed by atoms with Gasteiger partial charge in [-0.25, -0.2) is 4.57 Å². The van der Waals surface area contributed by atoms with Crippen LogP contribution in [0.1, 0.15) is 42.7 Å². The smallest absolute Gasteiger partial charge is 0.201 e. The monoisotopic (exact) mass is 354 g/mol. The molecule has 0 N–H and O–H groups in total. The van der Waals surface area contributed by atoms with Crippen LogP contribution in [0.2, 0.25) is 0 Å². The molecule has 136 valence electrons. The van der Waals surface area contributed by atoms with Crippen molar-refractivity contribution in [3.05, 3.63) is 78.0 Å². The fraction of sp³-hybridized carbons (Fsp3) is 0.346. The Morgan fingerprint density at radius 3 is 2.41 bits per heavy atom. The molecular weight excluding hydrogens is 326 g/mol. The van der Waals surface area contributed by atoms with Gasteiger partial charge in [-0.05, 0) is 72.3 Å². The van der Waals surface area contributed by atoms with Gasteiger partial charge in [0.2, 0.25) is 5.69 Å². The van der Waals surface area contributed by atoms with Crippen LogP contribution in [0.25, 0.3) is 22.4 Å². The van der Waals surface area contributed by atoms with Crippen LogP contribution in [0, 0.1) is 18.8 Å². The molecule has 0 spiro atoms. The van der Waals surface area contributed by atoms with Crippen LogP contribution >= 0.6 is 0 Å². The molecule has 0 amide bonds. The predicted molar refractivity (Wildman–Crippen MR) is 111 cm³/mol. The number of hydrogen-bond acceptors (Lipinski definition) is 0. The van der Waals surface area contributed by atoms with Crippen molar-refractivity contribution in [2.75, 3.05) is 0 Å². The Hall–Kier alpha value is -2.41. The molecule has 1 nitrogen and oxygen atoms in total. The van der Waals surface area contributed by atoms with Crippen molar-refractivity contribution in [3.8, 4) is 22.4 Å². The highest BCUT2D eigenvalue weighted by Crippen LogP contribution is 2.56. The summed E-state index contributed by atoms with van der Waals surface area (Å²) >= 11 is 0. The molecule has 0 saturated heterocycles. The van der Waals surface area contributed by atoms with E-state index >= 15 is 0 Å². The number of benzene rings is 2. The summed E-state index contributed by atoms with van der Waals surface area (Å²) in [6.07, 6.45) is 7.98. The Bertz CT molecular complexity index is 973. The molecule has 2 aromatic carbocycles. The highest BCUT2D eigenvalue weighted by atomic mass is 14.9. The second-order valence-corrected chi connectivity index (χ2v) is 8.56. The molecule has 2 saturated carbocycles. The van der Waals surface area contributed by atoms with E-state index in [1.807, 2.05) is 0 Å². The molecule has 1 heterocycles. The Morgan fingerprint density at radius 2 is 1.63 bits per heavy atom. The third kappa shape index (κ3) is 2.90. The van der Waals surface area contributed by atoms with Crippen LogP contribution in [-0.4, -0.2) is 0 Å². The minimum absolute atomic E-state index is 0.814. The number of aryl methyl sites for hydroxylation is 2. The van der Waals surface area contributed by atoms with Crippen LogP contribution in [-0.2, 0) is 7.05 Å². The van der Waals surface area contributed by atoms with Gasteiger partial charge in [0.15, 0.2) is 6.20 Å². The van der Waals surface area contributed by atoms with Crippen LogP contribution in [0.4, 0.5) is 0 Å². The molecular formula is C26H28N+. The maximum atomic E-state index is 2.46. The topological polar surface area (TPSA) is 3.88 Å². The van der Waals surface area contributed by atoms with E-state index in [9.17, 15) is 0 Å². The van der Waals surface area contributed by atoms with Crippen LogP contribution in [0.5, 0.6) is 0 Å². The van der Waals surface area contributed by atoms with E-state index in [2.05, 4.69) is 85.4 Å². The summed E-state index contributed by atoms with van der Waals surface area (Å²) in [6, 6.07) is 22.6. The molecule has 0 radical (unpaired) electrons. The van der Waals surface area contributed by atoms with Crippen LogP contribution in [0.15, 0.2) is 66.9 Å². The van der Waals surface area contributed by atoms with Gasteiger partial charge >= 0.3 is 0 Å².